The molecule has 34 heavy (non-hydrogen) atoms. The van der Waals surface area contributed by atoms with Crippen LogP contribution in [0, 0.1) is 3.57 Å². The first kappa shape index (κ1) is 21.2. The van der Waals surface area contributed by atoms with E-state index in [2.05, 4.69) is 27.6 Å². The molecule has 1 aliphatic heterocycles. The van der Waals surface area contributed by atoms with Crippen molar-refractivity contribution in [3.8, 4) is 23.0 Å². The number of benzene rings is 3. The first-order valence-corrected chi connectivity index (χ1v) is 12.3. The number of rotatable bonds is 5. The fraction of sp³-hybridized carbons (Fsp3) is 0.120. The normalized spacial score (nSPS) is 13.2. The van der Waals surface area contributed by atoms with Gasteiger partial charge in [0.05, 0.1) is 26.2 Å². The second-order valence-corrected chi connectivity index (χ2v) is 9.82. The summed E-state index contributed by atoms with van der Waals surface area (Å²) in [6.45, 7) is 0.590. The number of hydrogen-bond acceptors (Lipinski definition) is 7. The molecule has 0 atom stereocenters. The Morgan fingerprint density at radius 3 is 2.88 bits per heavy atom. The third kappa shape index (κ3) is 3.64. The molecule has 170 valence electrons. The molecule has 0 N–H and O–H groups in total. The van der Waals surface area contributed by atoms with Crippen molar-refractivity contribution in [3.63, 3.8) is 0 Å². The van der Waals surface area contributed by atoms with Crippen LogP contribution in [-0.2, 0) is 6.61 Å². The van der Waals surface area contributed by atoms with Crippen LogP contribution in [0.15, 0.2) is 59.4 Å². The number of halogens is 1. The van der Waals surface area contributed by atoms with Crippen molar-refractivity contribution in [1.29, 1.82) is 0 Å². The molecular formula is C25H17IN2O5S. The van der Waals surface area contributed by atoms with E-state index in [4.69, 9.17) is 18.9 Å². The molecule has 0 saturated heterocycles. The van der Waals surface area contributed by atoms with Gasteiger partial charge in [-0.15, -0.1) is 0 Å². The van der Waals surface area contributed by atoms with Crippen LogP contribution in [0.2, 0.25) is 0 Å². The molecule has 0 fully saturated rings. The summed E-state index contributed by atoms with van der Waals surface area (Å²) in [6, 6.07) is 17.2. The molecule has 3 heterocycles. The van der Waals surface area contributed by atoms with Gasteiger partial charge in [-0.1, -0.05) is 29.5 Å². The van der Waals surface area contributed by atoms with Gasteiger partial charge in [0, 0.05) is 0 Å². The molecule has 3 aromatic carbocycles. The largest absolute Gasteiger partial charge is 0.493 e. The van der Waals surface area contributed by atoms with Crippen LogP contribution < -0.4 is 29.0 Å². The Labute approximate surface area is 211 Å². The number of para-hydroxylation sites is 2. The summed E-state index contributed by atoms with van der Waals surface area (Å²) in [7, 11) is 1.60. The smallest absolute Gasteiger partial charge is 0.274 e. The average Bonchev–Trinajstić information content (AvgIpc) is 3.53. The molecule has 6 rings (SSSR count). The zero-order valence-corrected chi connectivity index (χ0v) is 20.9. The number of ether oxygens (including phenoxy) is 4. The molecule has 0 aliphatic carbocycles. The number of aromatic nitrogens is 2. The maximum atomic E-state index is 13.1. The van der Waals surface area contributed by atoms with Crippen LogP contribution in [0.5, 0.6) is 23.0 Å². The molecule has 0 amide bonds. The van der Waals surface area contributed by atoms with Gasteiger partial charge in [0.1, 0.15) is 6.61 Å². The monoisotopic (exact) mass is 584 g/mol. The van der Waals surface area contributed by atoms with E-state index in [-0.39, 0.29) is 12.4 Å². The molecule has 0 saturated carbocycles. The quantitative estimate of drug-likeness (QED) is 0.286. The van der Waals surface area contributed by atoms with Crippen molar-refractivity contribution in [2.24, 2.45) is 0 Å². The zero-order chi connectivity index (χ0) is 23.2. The van der Waals surface area contributed by atoms with Gasteiger partial charge in [-0.05, 0) is 76.2 Å². The Bertz CT molecular complexity index is 1680. The van der Waals surface area contributed by atoms with Crippen LogP contribution in [0.4, 0.5) is 0 Å². The summed E-state index contributed by atoms with van der Waals surface area (Å²) in [4.78, 5) is 18.3. The van der Waals surface area contributed by atoms with E-state index < -0.39 is 0 Å². The van der Waals surface area contributed by atoms with Crippen molar-refractivity contribution in [3.05, 3.63) is 84.2 Å². The van der Waals surface area contributed by atoms with Gasteiger partial charge in [0.2, 0.25) is 6.79 Å². The lowest BCUT2D eigenvalue weighted by molar-refractivity contribution is 0.174. The Kier molecular flexibility index (Phi) is 5.30. The average molecular weight is 584 g/mol. The molecule has 0 radical (unpaired) electrons. The van der Waals surface area contributed by atoms with Gasteiger partial charge in [0.25, 0.3) is 5.56 Å². The van der Waals surface area contributed by atoms with Gasteiger partial charge in [-0.3, -0.25) is 4.79 Å². The highest BCUT2D eigenvalue weighted by atomic mass is 127. The summed E-state index contributed by atoms with van der Waals surface area (Å²) in [5.74, 6) is 2.70. The molecule has 1 aliphatic rings. The van der Waals surface area contributed by atoms with E-state index in [9.17, 15) is 4.79 Å². The van der Waals surface area contributed by atoms with Crippen LogP contribution in [0.3, 0.4) is 0 Å². The Morgan fingerprint density at radius 1 is 1.15 bits per heavy atom. The Morgan fingerprint density at radius 2 is 2.00 bits per heavy atom. The fourth-order valence-corrected chi connectivity index (χ4v) is 5.68. The van der Waals surface area contributed by atoms with E-state index in [1.807, 2.05) is 60.7 Å². The molecule has 0 unspecified atom stereocenters. The fourth-order valence-electron chi connectivity index (χ4n) is 3.91. The predicted molar refractivity (Wildman–Crippen MR) is 138 cm³/mol. The van der Waals surface area contributed by atoms with Crippen LogP contribution >= 0.6 is 33.9 Å². The lowest BCUT2D eigenvalue weighted by atomic mass is 10.2. The molecule has 9 heteroatoms. The SMILES string of the molecule is COc1cc(C=c2sc3nc4ccccc4n3c2=O)cc(I)c1OCc1ccc2c(c1)OCO2. The Balaban J connectivity index is 1.33. The number of methoxy groups -OCH3 is 1. The maximum absolute atomic E-state index is 13.1. The predicted octanol–water partition coefficient (Wildman–Crippen LogP) is 4.38. The van der Waals surface area contributed by atoms with E-state index in [0.717, 1.165) is 37.2 Å². The molecule has 2 aromatic heterocycles. The van der Waals surface area contributed by atoms with Gasteiger partial charge in [-0.2, -0.15) is 0 Å². The van der Waals surface area contributed by atoms with Gasteiger partial charge in [0.15, 0.2) is 28.0 Å². The van der Waals surface area contributed by atoms with Crippen molar-refractivity contribution < 1.29 is 18.9 Å². The molecular weight excluding hydrogens is 567 g/mol. The highest BCUT2D eigenvalue weighted by Crippen LogP contribution is 2.36. The summed E-state index contributed by atoms with van der Waals surface area (Å²) in [5, 5.41) is 0. The number of thiazole rings is 1. The highest BCUT2D eigenvalue weighted by molar-refractivity contribution is 14.1. The number of nitrogens with zero attached hydrogens (tertiary/aromatic N) is 2. The highest BCUT2D eigenvalue weighted by Gasteiger charge is 2.16. The Hall–Kier alpha value is -3.31. The van der Waals surface area contributed by atoms with Crippen LogP contribution in [-0.4, -0.2) is 23.3 Å². The minimum atomic E-state index is -0.0780. The van der Waals surface area contributed by atoms with Crippen molar-refractivity contribution in [2.75, 3.05) is 13.9 Å². The van der Waals surface area contributed by atoms with Crippen LogP contribution in [0.25, 0.3) is 22.1 Å². The maximum Gasteiger partial charge on any atom is 0.274 e. The summed E-state index contributed by atoms with van der Waals surface area (Å²) in [5.41, 5.74) is 3.37. The van der Waals surface area contributed by atoms with Crippen molar-refractivity contribution >= 4 is 56.0 Å². The van der Waals surface area contributed by atoms with Gasteiger partial charge < -0.3 is 18.9 Å². The minimum Gasteiger partial charge on any atom is -0.493 e. The molecule has 5 aromatic rings. The van der Waals surface area contributed by atoms with Crippen molar-refractivity contribution in [2.45, 2.75) is 6.61 Å². The first-order valence-electron chi connectivity index (χ1n) is 10.4. The van der Waals surface area contributed by atoms with E-state index >= 15 is 0 Å². The van der Waals surface area contributed by atoms with E-state index in [1.54, 1.807) is 11.5 Å². The summed E-state index contributed by atoms with van der Waals surface area (Å²) < 4.78 is 25.7. The molecule has 0 bridgehead atoms. The topological polar surface area (TPSA) is 71.3 Å². The summed E-state index contributed by atoms with van der Waals surface area (Å²) >= 11 is 3.59. The van der Waals surface area contributed by atoms with Gasteiger partial charge in [-0.25, -0.2) is 9.38 Å². The number of fused-ring (bicyclic) bond motifs is 4. The standard InChI is InChI=1S/C25H17IN2O5S/c1-30-21-10-15(11-22-24(29)28-18-5-3-2-4-17(18)27-25(28)34-22)8-16(26)23(21)31-12-14-6-7-19-20(9-14)33-13-32-19/h2-11H,12-13H2,1H3. The number of hydrogen-bond donors (Lipinski definition) is 0. The molecule has 0 spiro atoms. The summed E-state index contributed by atoms with van der Waals surface area (Å²) in [6.07, 6.45) is 1.86. The second kappa shape index (κ2) is 8.48. The zero-order valence-electron chi connectivity index (χ0n) is 17.9. The van der Waals surface area contributed by atoms with E-state index in [0.29, 0.717) is 27.6 Å². The molecule has 7 nitrogen and oxygen atoms in total. The van der Waals surface area contributed by atoms with E-state index in [1.165, 1.54) is 11.3 Å². The van der Waals surface area contributed by atoms with Crippen molar-refractivity contribution in [1.82, 2.24) is 9.38 Å². The lowest BCUT2D eigenvalue weighted by Gasteiger charge is -2.14. The minimum absolute atomic E-state index is 0.0780. The van der Waals surface area contributed by atoms with Gasteiger partial charge >= 0.3 is 0 Å². The first-order chi connectivity index (χ1) is 16.6. The third-order valence-electron chi connectivity index (χ3n) is 5.51. The second-order valence-electron chi connectivity index (χ2n) is 7.64. The number of imidazole rings is 1. The third-order valence-corrected chi connectivity index (χ3v) is 7.28. The van der Waals surface area contributed by atoms with Crippen LogP contribution in [0.1, 0.15) is 11.1 Å². The lowest BCUT2D eigenvalue weighted by Crippen LogP contribution is -2.22.